The van der Waals surface area contributed by atoms with Crippen LogP contribution >= 0.6 is 11.8 Å². The van der Waals surface area contributed by atoms with Crippen molar-refractivity contribution in [1.82, 2.24) is 20.1 Å². The summed E-state index contributed by atoms with van der Waals surface area (Å²) in [5.74, 6) is 1.44. The second kappa shape index (κ2) is 9.53. The highest BCUT2D eigenvalue weighted by Crippen LogP contribution is 2.32. The Morgan fingerprint density at radius 3 is 2.58 bits per heavy atom. The maximum Gasteiger partial charge on any atom is 0.416 e. The largest absolute Gasteiger partial charge is 0.467 e. The molecule has 1 amide bonds. The van der Waals surface area contributed by atoms with Gasteiger partial charge in [-0.15, -0.1) is 10.2 Å². The Bertz CT molecular complexity index is 1240. The van der Waals surface area contributed by atoms with Crippen molar-refractivity contribution >= 4 is 17.7 Å². The summed E-state index contributed by atoms with van der Waals surface area (Å²) in [5.41, 5.74) is 1.06. The van der Waals surface area contributed by atoms with Gasteiger partial charge in [0.15, 0.2) is 5.16 Å². The molecule has 0 aliphatic rings. The molecule has 0 aliphatic carbocycles. The number of carbonyl (C=O) groups is 1. The average molecular weight is 472 g/mol. The molecular weight excluding hydrogens is 453 g/mol. The molecule has 0 atom stereocenters. The molecule has 0 radical (unpaired) electrons. The minimum absolute atomic E-state index is 0.217. The third-order valence-corrected chi connectivity index (χ3v) is 5.81. The van der Waals surface area contributed by atoms with Crippen LogP contribution in [0.15, 0.2) is 76.5 Å². The summed E-state index contributed by atoms with van der Waals surface area (Å²) >= 11 is 1.35. The SMILES string of the molecule is Cc1nnc(SCc2ccc(C(=O)NCc3ccco3)cc2)n1-c1cccc(C(F)(F)F)c1. The topological polar surface area (TPSA) is 73.0 Å². The number of thioether (sulfide) groups is 1. The van der Waals surface area contributed by atoms with Crippen molar-refractivity contribution in [1.29, 1.82) is 0 Å². The number of aromatic nitrogens is 3. The summed E-state index contributed by atoms with van der Waals surface area (Å²) in [4.78, 5) is 12.3. The van der Waals surface area contributed by atoms with Crippen molar-refractivity contribution in [2.75, 3.05) is 0 Å². The van der Waals surface area contributed by atoms with Gasteiger partial charge >= 0.3 is 6.18 Å². The Labute approximate surface area is 191 Å². The van der Waals surface area contributed by atoms with E-state index in [2.05, 4.69) is 15.5 Å². The fourth-order valence-corrected chi connectivity index (χ4v) is 4.09. The number of aryl methyl sites for hydroxylation is 1. The van der Waals surface area contributed by atoms with Crippen LogP contribution in [0.3, 0.4) is 0 Å². The van der Waals surface area contributed by atoms with Gasteiger partial charge in [0.25, 0.3) is 5.91 Å². The molecule has 0 aliphatic heterocycles. The quantitative estimate of drug-likeness (QED) is 0.364. The summed E-state index contributed by atoms with van der Waals surface area (Å²) in [7, 11) is 0. The average Bonchev–Trinajstić information content (AvgIpc) is 3.45. The van der Waals surface area contributed by atoms with E-state index >= 15 is 0 Å². The molecule has 33 heavy (non-hydrogen) atoms. The number of hydrogen-bond acceptors (Lipinski definition) is 5. The third-order valence-electron chi connectivity index (χ3n) is 4.81. The van der Waals surface area contributed by atoms with Crippen LogP contribution in [0.25, 0.3) is 5.69 Å². The first-order valence-electron chi connectivity index (χ1n) is 9.93. The van der Waals surface area contributed by atoms with Crippen LogP contribution in [0.2, 0.25) is 0 Å². The number of nitrogens with one attached hydrogen (secondary N) is 1. The number of hydrogen-bond donors (Lipinski definition) is 1. The van der Waals surface area contributed by atoms with Crippen molar-refractivity contribution in [3.8, 4) is 5.69 Å². The normalized spacial score (nSPS) is 11.5. The lowest BCUT2D eigenvalue weighted by Crippen LogP contribution is -2.22. The molecule has 1 N–H and O–H groups in total. The number of carbonyl (C=O) groups excluding carboxylic acids is 1. The minimum Gasteiger partial charge on any atom is -0.467 e. The van der Waals surface area contributed by atoms with Crippen LogP contribution in [-0.4, -0.2) is 20.7 Å². The van der Waals surface area contributed by atoms with Gasteiger partial charge in [0.05, 0.1) is 18.4 Å². The maximum atomic E-state index is 13.1. The monoisotopic (exact) mass is 472 g/mol. The molecule has 4 rings (SSSR count). The van der Waals surface area contributed by atoms with Crippen LogP contribution in [0, 0.1) is 6.92 Å². The van der Waals surface area contributed by atoms with Crippen LogP contribution in [-0.2, 0) is 18.5 Å². The first-order valence-corrected chi connectivity index (χ1v) is 10.9. The number of alkyl halides is 3. The lowest BCUT2D eigenvalue weighted by atomic mass is 10.1. The van der Waals surface area contributed by atoms with Crippen molar-refractivity contribution in [3.05, 3.63) is 95.2 Å². The van der Waals surface area contributed by atoms with Gasteiger partial charge in [0.2, 0.25) is 0 Å². The molecule has 170 valence electrons. The fourth-order valence-electron chi connectivity index (χ4n) is 3.14. The first kappa shape index (κ1) is 22.7. The minimum atomic E-state index is -4.43. The predicted octanol–water partition coefficient (Wildman–Crippen LogP) is 5.41. The van der Waals surface area contributed by atoms with Gasteiger partial charge in [-0.1, -0.05) is 30.0 Å². The van der Waals surface area contributed by atoms with Crippen LogP contribution in [0.4, 0.5) is 13.2 Å². The molecule has 0 spiro atoms. The lowest BCUT2D eigenvalue weighted by Gasteiger charge is -2.12. The Morgan fingerprint density at radius 1 is 1.09 bits per heavy atom. The number of halogens is 3. The molecule has 10 heteroatoms. The molecule has 0 unspecified atom stereocenters. The van der Waals surface area contributed by atoms with Gasteiger partial charge in [-0.25, -0.2) is 0 Å². The molecule has 4 aromatic rings. The Balaban J connectivity index is 1.42. The van der Waals surface area contributed by atoms with Gasteiger partial charge in [0.1, 0.15) is 11.6 Å². The Hall–Kier alpha value is -3.53. The van der Waals surface area contributed by atoms with Gasteiger partial charge < -0.3 is 9.73 Å². The number of nitrogens with zero attached hydrogens (tertiary/aromatic N) is 3. The predicted molar refractivity (Wildman–Crippen MR) is 117 cm³/mol. The van der Waals surface area contributed by atoms with Gasteiger partial charge in [-0.3, -0.25) is 9.36 Å². The summed E-state index contributed by atoms with van der Waals surface area (Å²) < 4.78 is 46.1. The lowest BCUT2D eigenvalue weighted by molar-refractivity contribution is -0.137. The molecule has 0 bridgehead atoms. The second-order valence-electron chi connectivity index (χ2n) is 7.16. The van der Waals surface area contributed by atoms with Crippen molar-refractivity contribution in [2.45, 2.75) is 30.6 Å². The smallest absolute Gasteiger partial charge is 0.416 e. The summed E-state index contributed by atoms with van der Waals surface area (Å²) in [6.45, 7) is 1.99. The number of amides is 1. The molecule has 2 aromatic heterocycles. The van der Waals surface area contributed by atoms with E-state index in [9.17, 15) is 18.0 Å². The number of rotatable bonds is 7. The Morgan fingerprint density at radius 2 is 1.88 bits per heavy atom. The van der Waals surface area contributed by atoms with Crippen molar-refractivity contribution in [2.24, 2.45) is 0 Å². The van der Waals surface area contributed by atoms with E-state index in [4.69, 9.17) is 4.42 Å². The summed E-state index contributed by atoms with van der Waals surface area (Å²) in [6.07, 6.45) is -2.89. The van der Waals surface area contributed by atoms with E-state index < -0.39 is 11.7 Å². The highest BCUT2D eigenvalue weighted by molar-refractivity contribution is 7.98. The number of furan rings is 1. The number of benzene rings is 2. The standard InChI is InChI=1S/C23H19F3N4O2S/c1-15-28-29-22(30(15)19-5-2-4-18(12-19)23(24,25)26)33-14-16-7-9-17(10-8-16)21(31)27-13-20-6-3-11-32-20/h2-12H,13-14H2,1H3,(H,27,31). The van der Waals surface area contributed by atoms with Crippen LogP contribution in [0.1, 0.15) is 33.1 Å². The molecule has 0 saturated heterocycles. The zero-order valence-corrected chi connectivity index (χ0v) is 18.3. The molecule has 6 nitrogen and oxygen atoms in total. The maximum absolute atomic E-state index is 13.1. The van der Waals surface area contributed by atoms with E-state index in [1.807, 2.05) is 12.1 Å². The molecule has 2 heterocycles. The zero-order valence-electron chi connectivity index (χ0n) is 17.5. The van der Waals surface area contributed by atoms with Crippen molar-refractivity contribution < 1.29 is 22.4 Å². The van der Waals surface area contributed by atoms with Gasteiger partial charge in [-0.05, 0) is 55.0 Å². The highest BCUT2D eigenvalue weighted by Gasteiger charge is 2.30. The van der Waals surface area contributed by atoms with E-state index in [1.54, 1.807) is 48.1 Å². The van der Waals surface area contributed by atoms with Crippen LogP contribution in [0.5, 0.6) is 0 Å². The first-order chi connectivity index (χ1) is 15.8. The van der Waals surface area contributed by atoms with E-state index in [0.29, 0.717) is 40.3 Å². The molecule has 2 aromatic carbocycles. The summed E-state index contributed by atoms with van der Waals surface area (Å²) in [5, 5.41) is 11.4. The fraction of sp³-hybridized carbons (Fsp3) is 0.174. The highest BCUT2D eigenvalue weighted by atomic mass is 32.2. The Kier molecular flexibility index (Phi) is 6.55. The molecule has 0 fully saturated rings. The zero-order chi connectivity index (χ0) is 23.4. The van der Waals surface area contributed by atoms with E-state index in [1.165, 1.54) is 17.8 Å². The second-order valence-corrected chi connectivity index (χ2v) is 8.10. The molecule has 0 saturated carbocycles. The van der Waals surface area contributed by atoms with Gasteiger partial charge in [-0.2, -0.15) is 13.2 Å². The summed E-state index contributed by atoms with van der Waals surface area (Å²) in [6, 6.07) is 15.7. The third kappa shape index (κ3) is 5.46. The van der Waals surface area contributed by atoms with Crippen molar-refractivity contribution in [3.63, 3.8) is 0 Å². The van der Waals surface area contributed by atoms with Crippen LogP contribution < -0.4 is 5.32 Å². The van der Waals surface area contributed by atoms with E-state index in [-0.39, 0.29) is 5.91 Å². The van der Waals surface area contributed by atoms with Gasteiger partial charge in [0, 0.05) is 17.0 Å². The van der Waals surface area contributed by atoms with E-state index in [0.717, 1.165) is 17.7 Å². The molecular formula is C23H19F3N4O2S.